The zero-order valence-corrected chi connectivity index (χ0v) is 13.6. The maximum atomic E-state index is 11.8. The van der Waals surface area contributed by atoms with Crippen molar-refractivity contribution >= 4 is 35.7 Å². The molecule has 11 heteroatoms. The number of carbonyl (C=O) groups excluding carboxylic acids is 4. The number of esters is 1. The molecule has 0 saturated carbocycles. The van der Waals surface area contributed by atoms with E-state index in [2.05, 4.69) is 15.4 Å². The van der Waals surface area contributed by atoms with Gasteiger partial charge in [-0.05, 0) is 19.0 Å². The second-order valence-electron chi connectivity index (χ2n) is 4.81. The summed E-state index contributed by atoms with van der Waals surface area (Å²) in [5.74, 6) is -3.76. The molecule has 0 bridgehead atoms. The third-order valence-corrected chi connectivity index (χ3v) is 3.19. The Kier molecular flexibility index (Phi) is 6.38. The first-order chi connectivity index (χ1) is 11.3. The number of ketones is 1. The van der Waals surface area contributed by atoms with Crippen LogP contribution in [0, 0.1) is 10.8 Å². The van der Waals surface area contributed by atoms with Crippen molar-refractivity contribution in [2.24, 2.45) is 21.3 Å². The molecule has 2 atom stereocenters. The van der Waals surface area contributed by atoms with E-state index < -0.39 is 35.7 Å². The van der Waals surface area contributed by atoms with Gasteiger partial charge in [0.1, 0.15) is 5.78 Å². The van der Waals surface area contributed by atoms with Crippen LogP contribution in [0.2, 0.25) is 0 Å². The first-order valence-electron chi connectivity index (χ1n) is 6.92. The molecule has 0 N–H and O–H groups in total. The van der Waals surface area contributed by atoms with Gasteiger partial charge in [0.05, 0.1) is 6.61 Å². The Balaban J connectivity index is 3.10. The topological polar surface area (TPSA) is 138 Å². The molecule has 0 aromatic rings. The Labute approximate surface area is 137 Å². The highest BCUT2D eigenvalue weighted by Gasteiger charge is 2.42. The van der Waals surface area contributed by atoms with Crippen molar-refractivity contribution in [1.29, 1.82) is 0 Å². The van der Waals surface area contributed by atoms with Gasteiger partial charge in [-0.25, -0.2) is 4.79 Å². The number of amidine groups is 1. The number of amides is 3. The summed E-state index contributed by atoms with van der Waals surface area (Å²) >= 11 is 0. The van der Waals surface area contributed by atoms with Crippen LogP contribution >= 0.6 is 0 Å². The number of likely N-dealkylation sites (N-methyl/N-ethyl adjacent to an activating group) is 2. The molecule has 1 aliphatic heterocycles. The lowest BCUT2D eigenvalue weighted by molar-refractivity contribution is -0.148. The summed E-state index contributed by atoms with van der Waals surface area (Å²) in [5, 5.41) is 9.79. The van der Waals surface area contributed by atoms with Gasteiger partial charge >= 0.3 is 12.0 Å². The summed E-state index contributed by atoms with van der Waals surface area (Å²) in [6.07, 6.45) is 0.913. The zero-order chi connectivity index (χ0) is 18.4. The van der Waals surface area contributed by atoms with E-state index in [0.717, 1.165) is 16.0 Å². The molecule has 1 fully saturated rings. The number of urea groups is 1. The van der Waals surface area contributed by atoms with Crippen molar-refractivity contribution in [3.05, 3.63) is 4.91 Å². The monoisotopic (exact) mass is 339 g/mol. The highest BCUT2D eigenvalue weighted by Crippen LogP contribution is 2.13. The molecule has 24 heavy (non-hydrogen) atoms. The fourth-order valence-electron chi connectivity index (χ4n) is 1.83. The summed E-state index contributed by atoms with van der Waals surface area (Å²) in [6, 6.07) is -2.27. The van der Waals surface area contributed by atoms with Crippen molar-refractivity contribution in [3.8, 4) is 0 Å². The third-order valence-electron chi connectivity index (χ3n) is 3.19. The lowest BCUT2D eigenvalue weighted by atomic mass is 10.1. The second-order valence-corrected chi connectivity index (χ2v) is 4.81. The van der Waals surface area contributed by atoms with E-state index in [4.69, 9.17) is 4.74 Å². The maximum Gasteiger partial charge on any atom is 0.331 e. The van der Waals surface area contributed by atoms with Gasteiger partial charge in [0.2, 0.25) is 6.04 Å². The van der Waals surface area contributed by atoms with Crippen molar-refractivity contribution in [2.75, 3.05) is 20.7 Å². The lowest BCUT2D eigenvalue weighted by Gasteiger charge is -2.31. The van der Waals surface area contributed by atoms with Crippen molar-refractivity contribution in [3.63, 3.8) is 0 Å². The van der Waals surface area contributed by atoms with Crippen molar-refractivity contribution in [1.82, 2.24) is 9.80 Å². The van der Waals surface area contributed by atoms with Crippen LogP contribution in [0.3, 0.4) is 0 Å². The zero-order valence-electron chi connectivity index (χ0n) is 13.6. The normalized spacial score (nSPS) is 21.3. The van der Waals surface area contributed by atoms with Gasteiger partial charge in [-0.15, -0.1) is 10.0 Å². The number of hydrogen-bond acceptors (Lipinski definition) is 9. The molecule has 0 aromatic carbocycles. The second kappa shape index (κ2) is 8.04. The van der Waals surface area contributed by atoms with Gasteiger partial charge in [-0.2, -0.15) is 5.10 Å². The summed E-state index contributed by atoms with van der Waals surface area (Å²) in [4.78, 5) is 59.3. The Morgan fingerprint density at radius 1 is 1.29 bits per heavy atom. The Hall–Kier alpha value is -2.98. The van der Waals surface area contributed by atoms with Crippen LogP contribution in [0.25, 0.3) is 0 Å². The van der Waals surface area contributed by atoms with Crippen LogP contribution < -0.4 is 0 Å². The molecule has 0 spiro atoms. The van der Waals surface area contributed by atoms with Crippen LogP contribution in [0.5, 0.6) is 0 Å². The standard InChI is InChI=1S/C13H17N5O6/c1-5-24-12(21)8(7(2)19)6-14-15-10-9(16-23)11(20)18(4)13(22)17(10)3/h6,8-9H,5H2,1-4H3/b14-6-,15-10-. The number of imide groups is 1. The highest BCUT2D eigenvalue weighted by atomic mass is 16.5. The van der Waals surface area contributed by atoms with Crippen molar-refractivity contribution in [2.45, 2.75) is 19.9 Å². The Bertz CT molecular complexity index is 628. The SMILES string of the molecule is CCOC(=O)C(/C=N\N=C1\C(N=O)C(=O)N(C)C(=O)N1C)C(C)=O. The predicted molar refractivity (Wildman–Crippen MR) is 82.2 cm³/mol. The van der Waals surface area contributed by atoms with Gasteiger partial charge < -0.3 is 4.74 Å². The molecular weight excluding hydrogens is 322 g/mol. The summed E-state index contributed by atoms with van der Waals surface area (Å²) < 4.78 is 4.73. The smallest absolute Gasteiger partial charge is 0.331 e. The van der Waals surface area contributed by atoms with Crippen LogP contribution in [-0.4, -0.2) is 72.3 Å². The number of rotatable bonds is 6. The molecule has 1 rings (SSSR count). The first kappa shape index (κ1) is 19.1. The van der Waals surface area contributed by atoms with E-state index >= 15 is 0 Å². The molecule has 1 saturated heterocycles. The average molecular weight is 339 g/mol. The van der Waals surface area contributed by atoms with E-state index in [9.17, 15) is 24.1 Å². The van der Waals surface area contributed by atoms with Gasteiger partial charge in [0, 0.05) is 20.3 Å². The average Bonchev–Trinajstić information content (AvgIpc) is 2.53. The molecule has 0 aliphatic carbocycles. The largest absolute Gasteiger partial charge is 0.465 e. The highest BCUT2D eigenvalue weighted by molar-refractivity contribution is 6.20. The molecule has 0 radical (unpaired) electrons. The Morgan fingerprint density at radius 3 is 2.42 bits per heavy atom. The van der Waals surface area contributed by atoms with Crippen LogP contribution in [0.15, 0.2) is 15.4 Å². The van der Waals surface area contributed by atoms with Gasteiger partial charge in [0.25, 0.3) is 5.91 Å². The summed E-state index contributed by atoms with van der Waals surface area (Å²) in [7, 11) is 2.48. The minimum Gasteiger partial charge on any atom is -0.465 e. The molecule has 3 amide bonds. The van der Waals surface area contributed by atoms with E-state index in [1.54, 1.807) is 6.92 Å². The molecule has 0 aromatic heterocycles. The molecule has 1 heterocycles. The number of carbonyl (C=O) groups is 4. The van der Waals surface area contributed by atoms with E-state index in [1.807, 2.05) is 0 Å². The van der Waals surface area contributed by atoms with Crippen LogP contribution in [0.1, 0.15) is 13.8 Å². The molecule has 11 nitrogen and oxygen atoms in total. The van der Waals surface area contributed by atoms with E-state index in [1.165, 1.54) is 21.0 Å². The molecular formula is C13H17N5O6. The summed E-state index contributed by atoms with van der Waals surface area (Å²) in [6.45, 7) is 2.84. The maximum absolute atomic E-state index is 11.8. The predicted octanol–water partition coefficient (Wildman–Crippen LogP) is -0.202. The first-order valence-corrected chi connectivity index (χ1v) is 6.92. The number of hydrogen-bond donors (Lipinski definition) is 0. The third kappa shape index (κ3) is 3.86. The van der Waals surface area contributed by atoms with Gasteiger partial charge in [-0.1, -0.05) is 0 Å². The number of Topliss-reactive ketones (excluding diaryl/α,β-unsaturated/α-hetero) is 1. The summed E-state index contributed by atoms with van der Waals surface area (Å²) in [5.41, 5.74) is 0. The van der Waals surface area contributed by atoms with Crippen molar-refractivity contribution < 1.29 is 23.9 Å². The molecule has 130 valence electrons. The Morgan fingerprint density at radius 2 is 1.92 bits per heavy atom. The molecule has 2 unspecified atom stereocenters. The van der Waals surface area contributed by atoms with Crippen LogP contribution in [0.4, 0.5) is 4.79 Å². The minimum absolute atomic E-state index is 0.0835. The minimum atomic E-state index is -1.55. The number of nitroso groups, excluding NO2 is 1. The van der Waals surface area contributed by atoms with Crippen LogP contribution in [-0.2, 0) is 19.1 Å². The fourth-order valence-corrected chi connectivity index (χ4v) is 1.83. The lowest BCUT2D eigenvalue weighted by Crippen LogP contribution is -2.58. The quantitative estimate of drug-likeness (QED) is 0.216. The van der Waals surface area contributed by atoms with E-state index in [-0.39, 0.29) is 12.4 Å². The fraction of sp³-hybridized carbons (Fsp3) is 0.538. The number of nitrogens with zero attached hydrogens (tertiary/aromatic N) is 5. The van der Waals surface area contributed by atoms with Gasteiger partial charge in [0.15, 0.2) is 11.8 Å². The molecule has 1 aliphatic rings. The van der Waals surface area contributed by atoms with Gasteiger partial charge in [-0.3, -0.25) is 24.2 Å². The van der Waals surface area contributed by atoms with E-state index in [0.29, 0.717) is 0 Å². The number of ether oxygens (including phenoxy) is 1.